The number of pyridine rings is 1. The van der Waals surface area contributed by atoms with Crippen LogP contribution in [-0.4, -0.2) is 35.6 Å². The number of aromatic nitrogens is 1. The van der Waals surface area contributed by atoms with E-state index in [0.29, 0.717) is 17.1 Å². The molecule has 2 rings (SSSR count). The molecule has 0 spiro atoms. The van der Waals surface area contributed by atoms with E-state index in [1.807, 2.05) is 0 Å². The molecule has 0 bridgehead atoms. The lowest BCUT2D eigenvalue weighted by atomic mass is 10.2. The van der Waals surface area contributed by atoms with Gasteiger partial charge in [0.25, 0.3) is 0 Å². The molecule has 1 N–H and O–H groups in total. The molecule has 1 heterocycles. The van der Waals surface area contributed by atoms with E-state index < -0.39 is 11.7 Å². The van der Waals surface area contributed by atoms with Crippen molar-refractivity contribution in [3.63, 3.8) is 0 Å². The Morgan fingerprint density at radius 1 is 1.45 bits per heavy atom. The molecule has 0 aromatic carbocycles. The molecule has 0 radical (unpaired) electrons. The van der Waals surface area contributed by atoms with Gasteiger partial charge < -0.3 is 5.32 Å². The standard InChI is InChI=1S/C13H17BrF3N3/c1-2-20(10-3-4-10)6-5-18-12-11(13(15,16)17)7-9(14)8-19-12/h7-8,10H,2-6H2,1H3,(H,18,19). The smallest absolute Gasteiger partial charge is 0.368 e. The third kappa shape index (κ3) is 4.09. The van der Waals surface area contributed by atoms with Crippen molar-refractivity contribution in [1.29, 1.82) is 0 Å². The number of rotatable bonds is 6. The summed E-state index contributed by atoms with van der Waals surface area (Å²) in [5.74, 6) is -0.104. The Bertz CT molecular complexity index is 461. The lowest BCUT2D eigenvalue weighted by Crippen LogP contribution is -2.31. The normalized spacial score (nSPS) is 15.7. The van der Waals surface area contributed by atoms with Gasteiger partial charge in [-0.15, -0.1) is 0 Å². The van der Waals surface area contributed by atoms with Crippen LogP contribution in [0.1, 0.15) is 25.3 Å². The molecule has 7 heteroatoms. The summed E-state index contributed by atoms with van der Waals surface area (Å²) in [6.07, 6.45) is -0.646. The Balaban J connectivity index is 1.98. The molecule has 1 aromatic heterocycles. The van der Waals surface area contributed by atoms with E-state index in [9.17, 15) is 13.2 Å². The topological polar surface area (TPSA) is 28.2 Å². The summed E-state index contributed by atoms with van der Waals surface area (Å²) in [6, 6.07) is 1.66. The molecule has 0 aliphatic heterocycles. The van der Waals surface area contributed by atoms with E-state index in [2.05, 4.69) is 38.1 Å². The molecule has 3 nitrogen and oxygen atoms in total. The van der Waals surface area contributed by atoms with E-state index in [0.717, 1.165) is 19.2 Å². The van der Waals surface area contributed by atoms with Gasteiger partial charge in [-0.2, -0.15) is 13.2 Å². The van der Waals surface area contributed by atoms with Crippen LogP contribution in [0.15, 0.2) is 16.7 Å². The first-order chi connectivity index (χ1) is 9.41. The van der Waals surface area contributed by atoms with Gasteiger partial charge in [0.15, 0.2) is 0 Å². The zero-order chi connectivity index (χ0) is 14.8. The van der Waals surface area contributed by atoms with Crippen molar-refractivity contribution < 1.29 is 13.2 Å². The van der Waals surface area contributed by atoms with Crippen LogP contribution in [0, 0.1) is 0 Å². The average Bonchev–Trinajstić information content (AvgIpc) is 3.19. The number of anilines is 1. The molecule has 1 aliphatic carbocycles. The molecule has 0 atom stereocenters. The molecule has 20 heavy (non-hydrogen) atoms. The number of nitrogens with zero attached hydrogens (tertiary/aromatic N) is 2. The fraction of sp³-hybridized carbons (Fsp3) is 0.615. The van der Waals surface area contributed by atoms with Crippen LogP contribution in [0.2, 0.25) is 0 Å². The van der Waals surface area contributed by atoms with Crippen molar-refractivity contribution in [2.75, 3.05) is 25.0 Å². The molecular weight excluding hydrogens is 335 g/mol. The number of halogens is 4. The maximum Gasteiger partial charge on any atom is 0.419 e. The zero-order valence-electron chi connectivity index (χ0n) is 11.2. The Morgan fingerprint density at radius 3 is 2.70 bits per heavy atom. The first kappa shape index (κ1) is 15.6. The van der Waals surface area contributed by atoms with Crippen LogP contribution in [0.5, 0.6) is 0 Å². The predicted molar refractivity (Wildman–Crippen MR) is 75.7 cm³/mol. The van der Waals surface area contributed by atoms with E-state index in [-0.39, 0.29) is 5.82 Å². The number of likely N-dealkylation sites (N-methyl/N-ethyl adjacent to an activating group) is 1. The van der Waals surface area contributed by atoms with Gasteiger partial charge in [0.05, 0.1) is 5.56 Å². The van der Waals surface area contributed by atoms with Crippen molar-refractivity contribution in [1.82, 2.24) is 9.88 Å². The molecule has 112 valence electrons. The highest BCUT2D eigenvalue weighted by atomic mass is 79.9. The third-order valence-corrected chi connectivity index (χ3v) is 3.75. The minimum atomic E-state index is -4.40. The Morgan fingerprint density at radius 2 is 2.15 bits per heavy atom. The highest BCUT2D eigenvalue weighted by molar-refractivity contribution is 9.10. The molecule has 0 saturated heterocycles. The number of hydrogen-bond donors (Lipinski definition) is 1. The van der Waals surface area contributed by atoms with Crippen LogP contribution >= 0.6 is 15.9 Å². The van der Waals surface area contributed by atoms with E-state index in [4.69, 9.17) is 0 Å². The van der Waals surface area contributed by atoms with Crippen LogP contribution in [-0.2, 0) is 6.18 Å². The monoisotopic (exact) mass is 351 g/mol. The van der Waals surface area contributed by atoms with Gasteiger partial charge in [0.2, 0.25) is 0 Å². The Kier molecular flexibility index (Phi) is 4.90. The van der Waals surface area contributed by atoms with Gasteiger partial charge in [0, 0.05) is 29.8 Å². The molecule has 0 amide bonds. The summed E-state index contributed by atoms with van der Waals surface area (Å²) in [5.41, 5.74) is -0.735. The molecule has 1 fully saturated rings. The number of alkyl halides is 3. The fourth-order valence-corrected chi connectivity index (χ4v) is 2.48. The second kappa shape index (κ2) is 6.30. The third-order valence-electron chi connectivity index (χ3n) is 3.32. The summed E-state index contributed by atoms with van der Waals surface area (Å²) in [7, 11) is 0. The van der Waals surface area contributed by atoms with Gasteiger partial charge in [0.1, 0.15) is 5.82 Å². The summed E-state index contributed by atoms with van der Waals surface area (Å²) in [5, 5.41) is 2.80. The minimum Gasteiger partial charge on any atom is -0.368 e. The summed E-state index contributed by atoms with van der Waals surface area (Å²) in [6.45, 7) is 4.18. The highest BCUT2D eigenvalue weighted by Gasteiger charge is 2.34. The van der Waals surface area contributed by atoms with Gasteiger partial charge in [-0.1, -0.05) is 6.92 Å². The van der Waals surface area contributed by atoms with Crippen molar-refractivity contribution in [3.8, 4) is 0 Å². The van der Waals surface area contributed by atoms with Gasteiger partial charge in [-0.05, 0) is 41.4 Å². The SMILES string of the molecule is CCN(CCNc1ncc(Br)cc1C(F)(F)F)C1CC1. The minimum absolute atomic E-state index is 0.104. The van der Waals surface area contributed by atoms with Crippen LogP contribution in [0.3, 0.4) is 0 Å². The average molecular weight is 352 g/mol. The van der Waals surface area contributed by atoms with Crippen molar-refractivity contribution >= 4 is 21.7 Å². The summed E-state index contributed by atoms with van der Waals surface area (Å²) >= 11 is 3.02. The molecule has 1 saturated carbocycles. The van der Waals surface area contributed by atoms with Crippen LogP contribution in [0.4, 0.5) is 19.0 Å². The van der Waals surface area contributed by atoms with Crippen LogP contribution in [0.25, 0.3) is 0 Å². The van der Waals surface area contributed by atoms with E-state index in [1.165, 1.54) is 19.0 Å². The van der Waals surface area contributed by atoms with Crippen molar-refractivity contribution in [2.24, 2.45) is 0 Å². The summed E-state index contributed by atoms with van der Waals surface area (Å²) in [4.78, 5) is 6.11. The highest BCUT2D eigenvalue weighted by Crippen LogP contribution is 2.35. The van der Waals surface area contributed by atoms with Crippen molar-refractivity contribution in [3.05, 3.63) is 22.3 Å². The van der Waals surface area contributed by atoms with Crippen molar-refractivity contribution in [2.45, 2.75) is 32.0 Å². The summed E-state index contributed by atoms with van der Waals surface area (Å²) < 4.78 is 39.0. The molecule has 0 unspecified atom stereocenters. The fourth-order valence-electron chi connectivity index (χ4n) is 2.15. The molecular formula is C13H17BrF3N3. The predicted octanol–water partition coefficient (Wildman–Crippen LogP) is 3.76. The van der Waals surface area contributed by atoms with Crippen LogP contribution < -0.4 is 5.32 Å². The van der Waals surface area contributed by atoms with Gasteiger partial charge in [-0.3, -0.25) is 4.90 Å². The first-order valence-corrected chi connectivity index (χ1v) is 7.41. The first-order valence-electron chi connectivity index (χ1n) is 6.62. The van der Waals surface area contributed by atoms with E-state index >= 15 is 0 Å². The quantitative estimate of drug-likeness (QED) is 0.845. The second-order valence-corrected chi connectivity index (χ2v) is 5.75. The molecule has 1 aromatic rings. The van der Waals surface area contributed by atoms with Gasteiger partial charge >= 0.3 is 6.18 Å². The maximum absolute atomic E-state index is 12.9. The van der Waals surface area contributed by atoms with E-state index in [1.54, 1.807) is 0 Å². The maximum atomic E-state index is 12.9. The number of hydrogen-bond acceptors (Lipinski definition) is 3. The largest absolute Gasteiger partial charge is 0.419 e. The lowest BCUT2D eigenvalue weighted by Gasteiger charge is -2.20. The zero-order valence-corrected chi connectivity index (χ0v) is 12.8. The number of nitrogens with one attached hydrogen (secondary N) is 1. The molecule has 1 aliphatic rings. The Labute approximate surface area is 124 Å². The van der Waals surface area contributed by atoms with Gasteiger partial charge in [-0.25, -0.2) is 4.98 Å². The lowest BCUT2D eigenvalue weighted by molar-refractivity contribution is -0.137. The second-order valence-electron chi connectivity index (χ2n) is 4.83. The Hall–Kier alpha value is -0.820.